The van der Waals surface area contributed by atoms with Gasteiger partial charge in [-0.3, -0.25) is 13.9 Å². The number of hydrogen-bond acceptors (Lipinski definition) is 5. The molecule has 0 radical (unpaired) electrons. The molecule has 0 aliphatic heterocycles. The summed E-state index contributed by atoms with van der Waals surface area (Å²) in [7, 11) is -2.95. The number of nitrogens with zero attached hydrogens (tertiary/aromatic N) is 2. The Labute approximate surface area is 274 Å². The van der Waals surface area contributed by atoms with Crippen molar-refractivity contribution in [3.05, 3.63) is 125 Å². The van der Waals surface area contributed by atoms with Crippen molar-refractivity contribution in [2.24, 2.45) is 0 Å². The predicted octanol–water partition coefficient (Wildman–Crippen LogP) is 6.24. The van der Waals surface area contributed by atoms with Crippen LogP contribution in [0.1, 0.15) is 30.9 Å². The lowest BCUT2D eigenvalue weighted by molar-refractivity contribution is -0.140. The monoisotopic (exact) mass is 665 g/mol. The summed E-state index contributed by atoms with van der Waals surface area (Å²) in [6, 6.07) is 26.0. The number of ether oxygens (including phenoxy) is 1. The fraction of sp³-hybridized carbons (Fsp3) is 0.257. The average Bonchev–Trinajstić information content (AvgIpc) is 3.06. The second-order valence-electron chi connectivity index (χ2n) is 10.6. The molecule has 0 aromatic heterocycles. The lowest BCUT2D eigenvalue weighted by atomic mass is 10.0. The van der Waals surface area contributed by atoms with Crippen LogP contribution in [0.5, 0.6) is 5.75 Å². The van der Waals surface area contributed by atoms with Crippen LogP contribution in [0, 0.1) is 5.82 Å². The van der Waals surface area contributed by atoms with Gasteiger partial charge in [-0.1, -0.05) is 85.6 Å². The number of hydrogen-bond donors (Lipinski definition) is 1. The zero-order valence-electron chi connectivity index (χ0n) is 25.7. The molecule has 0 fully saturated rings. The van der Waals surface area contributed by atoms with E-state index in [1.165, 1.54) is 60.5 Å². The Kier molecular flexibility index (Phi) is 12.2. The molecule has 2 amide bonds. The summed E-state index contributed by atoms with van der Waals surface area (Å²) >= 11 is 6.32. The van der Waals surface area contributed by atoms with Gasteiger partial charge in [0, 0.05) is 24.5 Å². The number of carbonyl (C=O) groups is 2. The lowest BCUT2D eigenvalue weighted by Gasteiger charge is -2.34. The third kappa shape index (κ3) is 8.86. The molecule has 0 spiro atoms. The van der Waals surface area contributed by atoms with Gasteiger partial charge in [0.2, 0.25) is 11.8 Å². The fourth-order valence-corrected chi connectivity index (χ4v) is 6.54. The van der Waals surface area contributed by atoms with E-state index in [-0.39, 0.29) is 40.2 Å². The molecule has 0 aliphatic rings. The summed E-state index contributed by atoms with van der Waals surface area (Å²) in [6.45, 7) is 1.66. The van der Waals surface area contributed by atoms with Crippen LogP contribution in [0.4, 0.5) is 10.1 Å². The van der Waals surface area contributed by atoms with Crippen LogP contribution in [0.3, 0.4) is 0 Å². The largest absolute Gasteiger partial charge is 0.495 e. The Morgan fingerprint density at radius 2 is 1.57 bits per heavy atom. The maximum atomic E-state index is 14.5. The molecule has 1 N–H and O–H groups in total. The SMILES string of the molecule is CCCCNC(=O)[C@@H](Cc1ccccc1)N(Cc1ccc(F)cc1)C(=O)CN(c1cc(Cl)ccc1OC)S(=O)(=O)c1ccccc1. The number of halogens is 2. The molecular weight excluding hydrogens is 629 g/mol. The molecule has 0 saturated carbocycles. The molecule has 4 aromatic carbocycles. The van der Waals surface area contributed by atoms with E-state index >= 15 is 0 Å². The molecule has 242 valence electrons. The van der Waals surface area contributed by atoms with Gasteiger partial charge >= 0.3 is 0 Å². The normalized spacial score (nSPS) is 11.8. The smallest absolute Gasteiger partial charge is 0.264 e. The second-order valence-corrected chi connectivity index (χ2v) is 12.9. The molecular formula is C35H37ClFN3O5S. The van der Waals surface area contributed by atoms with Gasteiger partial charge < -0.3 is 15.0 Å². The van der Waals surface area contributed by atoms with E-state index in [4.69, 9.17) is 16.3 Å². The minimum absolute atomic E-state index is 0.0481. The van der Waals surface area contributed by atoms with Gasteiger partial charge in [0.1, 0.15) is 24.2 Å². The summed E-state index contributed by atoms with van der Waals surface area (Å²) in [5.41, 5.74) is 1.42. The maximum absolute atomic E-state index is 14.5. The van der Waals surface area contributed by atoms with Crippen LogP contribution in [-0.2, 0) is 32.6 Å². The third-order valence-electron chi connectivity index (χ3n) is 7.39. The molecule has 4 rings (SSSR count). The summed E-state index contributed by atoms with van der Waals surface area (Å²) in [5, 5.41) is 3.17. The van der Waals surface area contributed by atoms with Crippen molar-refractivity contribution in [2.75, 3.05) is 24.5 Å². The number of nitrogens with one attached hydrogen (secondary N) is 1. The van der Waals surface area contributed by atoms with Crippen LogP contribution in [0.25, 0.3) is 0 Å². The molecule has 1 atom stereocenters. The number of methoxy groups -OCH3 is 1. The number of anilines is 1. The number of unbranched alkanes of at least 4 members (excludes halogenated alkanes) is 1. The van der Waals surface area contributed by atoms with E-state index in [1.54, 1.807) is 24.3 Å². The molecule has 8 nitrogen and oxygen atoms in total. The van der Waals surface area contributed by atoms with Crippen LogP contribution < -0.4 is 14.4 Å². The van der Waals surface area contributed by atoms with Crippen LogP contribution >= 0.6 is 11.6 Å². The highest BCUT2D eigenvalue weighted by atomic mass is 35.5. The van der Waals surface area contributed by atoms with Gasteiger partial charge in [-0.25, -0.2) is 12.8 Å². The Morgan fingerprint density at radius 3 is 2.20 bits per heavy atom. The molecule has 46 heavy (non-hydrogen) atoms. The number of sulfonamides is 1. The molecule has 0 saturated heterocycles. The van der Waals surface area contributed by atoms with Gasteiger partial charge in [0.05, 0.1) is 17.7 Å². The first kappa shape index (κ1) is 34.5. The Balaban J connectivity index is 1.82. The minimum atomic E-state index is -4.34. The van der Waals surface area contributed by atoms with Crippen molar-refractivity contribution in [1.82, 2.24) is 10.2 Å². The van der Waals surface area contributed by atoms with Crippen molar-refractivity contribution >= 4 is 39.1 Å². The molecule has 0 unspecified atom stereocenters. The zero-order valence-corrected chi connectivity index (χ0v) is 27.3. The Bertz CT molecular complexity index is 1710. The van der Waals surface area contributed by atoms with Crippen molar-refractivity contribution in [3.63, 3.8) is 0 Å². The second kappa shape index (κ2) is 16.2. The van der Waals surface area contributed by atoms with Gasteiger partial charge in [-0.15, -0.1) is 0 Å². The molecule has 4 aromatic rings. The highest BCUT2D eigenvalue weighted by Gasteiger charge is 2.35. The van der Waals surface area contributed by atoms with E-state index in [0.29, 0.717) is 12.1 Å². The van der Waals surface area contributed by atoms with E-state index in [0.717, 1.165) is 22.7 Å². The molecule has 11 heteroatoms. The first-order valence-electron chi connectivity index (χ1n) is 14.9. The van der Waals surface area contributed by atoms with E-state index in [1.807, 2.05) is 37.3 Å². The highest BCUT2D eigenvalue weighted by Crippen LogP contribution is 2.35. The molecule has 0 bridgehead atoms. The zero-order chi connectivity index (χ0) is 33.1. The Morgan fingerprint density at radius 1 is 0.913 bits per heavy atom. The van der Waals surface area contributed by atoms with Crippen LogP contribution in [0.2, 0.25) is 5.02 Å². The quantitative estimate of drug-likeness (QED) is 0.152. The van der Waals surface area contributed by atoms with Gasteiger partial charge in [0.15, 0.2) is 0 Å². The van der Waals surface area contributed by atoms with Gasteiger partial charge in [0.25, 0.3) is 10.0 Å². The fourth-order valence-electron chi connectivity index (χ4n) is 4.94. The topological polar surface area (TPSA) is 96.0 Å². The van der Waals surface area contributed by atoms with Gasteiger partial charge in [-0.2, -0.15) is 0 Å². The van der Waals surface area contributed by atoms with Gasteiger partial charge in [-0.05, 0) is 60.0 Å². The third-order valence-corrected chi connectivity index (χ3v) is 9.40. The highest BCUT2D eigenvalue weighted by molar-refractivity contribution is 7.92. The minimum Gasteiger partial charge on any atom is -0.495 e. The van der Waals surface area contributed by atoms with Crippen molar-refractivity contribution in [1.29, 1.82) is 0 Å². The maximum Gasteiger partial charge on any atom is 0.264 e. The number of benzene rings is 4. The average molecular weight is 666 g/mol. The first-order chi connectivity index (χ1) is 22.1. The summed E-state index contributed by atoms with van der Waals surface area (Å²) in [4.78, 5) is 29.6. The Hall–Kier alpha value is -4.41. The van der Waals surface area contributed by atoms with E-state index < -0.39 is 34.3 Å². The van der Waals surface area contributed by atoms with Crippen LogP contribution in [0.15, 0.2) is 108 Å². The lowest BCUT2D eigenvalue weighted by Crippen LogP contribution is -2.53. The molecule has 0 aliphatic carbocycles. The predicted molar refractivity (Wildman–Crippen MR) is 178 cm³/mol. The summed E-state index contributed by atoms with van der Waals surface area (Å²) in [5.74, 6) is -1.31. The summed E-state index contributed by atoms with van der Waals surface area (Å²) in [6.07, 6.45) is 1.76. The van der Waals surface area contributed by atoms with Crippen molar-refractivity contribution < 1.29 is 27.1 Å². The molecule has 0 heterocycles. The number of amides is 2. The first-order valence-corrected chi connectivity index (χ1v) is 16.7. The van der Waals surface area contributed by atoms with E-state index in [2.05, 4.69) is 5.32 Å². The standard InChI is InChI=1S/C35H37ClFN3O5S/c1-3-4-21-38-35(42)32(22-26-11-7-5-8-12-26)39(24-27-15-18-29(37)19-16-27)34(41)25-40(31-23-28(36)17-20-33(31)45-2)46(43,44)30-13-9-6-10-14-30/h5-20,23,32H,3-4,21-22,24-25H2,1-2H3,(H,38,42)/t32-/m1/s1. The van der Waals surface area contributed by atoms with E-state index in [9.17, 15) is 22.4 Å². The van der Waals surface area contributed by atoms with Crippen molar-refractivity contribution in [2.45, 2.75) is 43.7 Å². The number of rotatable bonds is 15. The van der Waals surface area contributed by atoms with Crippen molar-refractivity contribution in [3.8, 4) is 5.75 Å². The number of carbonyl (C=O) groups excluding carboxylic acids is 2. The van der Waals surface area contributed by atoms with Crippen LogP contribution in [-0.4, -0.2) is 51.4 Å². The summed E-state index contributed by atoms with van der Waals surface area (Å²) < 4.78 is 48.6.